The summed E-state index contributed by atoms with van der Waals surface area (Å²) in [5, 5.41) is 17.3. The first kappa shape index (κ1) is 10.0. The Bertz CT molecular complexity index is 506. The van der Waals surface area contributed by atoms with Crippen molar-refractivity contribution >= 4 is 10.9 Å². The molecule has 2 aromatic rings. The molecule has 0 fully saturated rings. The van der Waals surface area contributed by atoms with Crippen LogP contribution in [-0.2, 0) is 5.41 Å². The molecule has 15 heavy (non-hydrogen) atoms. The summed E-state index contributed by atoms with van der Waals surface area (Å²) in [4.78, 5) is 0. The van der Waals surface area contributed by atoms with Crippen molar-refractivity contribution in [3.63, 3.8) is 0 Å². The maximum atomic E-state index is 9.74. The van der Waals surface area contributed by atoms with Gasteiger partial charge in [-0.15, -0.1) is 5.10 Å². The van der Waals surface area contributed by atoms with Gasteiger partial charge in [0.05, 0.1) is 10.9 Å². The zero-order chi connectivity index (χ0) is 11.2. The number of aryl methyl sites for hydroxylation is 1. The minimum atomic E-state index is 0.00491. The number of nitrogens with zero attached hydrogens (tertiary/aromatic N) is 1. The molecule has 3 nitrogen and oxygen atoms in total. The Kier molecular flexibility index (Phi) is 2.00. The van der Waals surface area contributed by atoms with Crippen molar-refractivity contribution in [3.05, 3.63) is 23.3 Å². The number of aromatic amines is 1. The summed E-state index contributed by atoms with van der Waals surface area (Å²) in [5.41, 5.74) is 3.24. The summed E-state index contributed by atoms with van der Waals surface area (Å²) in [6, 6.07) is 4.01. The normalized spacial score (nSPS) is 12.3. The van der Waals surface area contributed by atoms with Gasteiger partial charge in [0, 0.05) is 0 Å². The lowest BCUT2D eigenvalue weighted by molar-refractivity contribution is 0.455. The third-order valence-corrected chi connectivity index (χ3v) is 2.67. The van der Waals surface area contributed by atoms with Crippen LogP contribution < -0.4 is 0 Å². The highest BCUT2D eigenvalue weighted by Crippen LogP contribution is 2.36. The van der Waals surface area contributed by atoms with E-state index in [1.54, 1.807) is 0 Å². The average molecular weight is 204 g/mol. The molecule has 1 aromatic carbocycles. The Labute approximate surface area is 89.1 Å². The third kappa shape index (κ3) is 1.48. The molecule has 0 spiro atoms. The molecule has 0 atom stereocenters. The van der Waals surface area contributed by atoms with E-state index in [1.165, 1.54) is 5.56 Å². The number of rotatable bonds is 0. The number of hydrogen-bond acceptors (Lipinski definition) is 2. The van der Waals surface area contributed by atoms with E-state index in [0.717, 1.165) is 16.5 Å². The zero-order valence-electron chi connectivity index (χ0n) is 9.55. The number of fused-ring (bicyclic) bond motifs is 1. The fourth-order valence-corrected chi connectivity index (χ4v) is 2.17. The summed E-state index contributed by atoms with van der Waals surface area (Å²) in [6.45, 7) is 8.48. The molecule has 0 aliphatic heterocycles. The van der Waals surface area contributed by atoms with Crippen molar-refractivity contribution in [1.82, 2.24) is 10.2 Å². The van der Waals surface area contributed by atoms with Crippen molar-refractivity contribution in [2.75, 3.05) is 0 Å². The van der Waals surface area contributed by atoms with Gasteiger partial charge < -0.3 is 5.11 Å². The summed E-state index contributed by atoms with van der Waals surface area (Å²) in [5.74, 6) is 0.0959. The molecule has 2 N–H and O–H groups in total. The van der Waals surface area contributed by atoms with Crippen molar-refractivity contribution in [2.24, 2.45) is 0 Å². The van der Waals surface area contributed by atoms with E-state index in [9.17, 15) is 5.11 Å². The fraction of sp³-hybridized carbons (Fsp3) is 0.417. The monoisotopic (exact) mass is 204 g/mol. The molecule has 0 bridgehead atoms. The van der Waals surface area contributed by atoms with Crippen LogP contribution in [0.25, 0.3) is 10.9 Å². The molecule has 0 aliphatic rings. The van der Waals surface area contributed by atoms with Gasteiger partial charge in [0.25, 0.3) is 0 Å². The highest BCUT2D eigenvalue weighted by atomic mass is 16.3. The van der Waals surface area contributed by atoms with Crippen LogP contribution in [0.2, 0.25) is 0 Å². The van der Waals surface area contributed by atoms with Gasteiger partial charge >= 0.3 is 0 Å². The molecule has 0 radical (unpaired) electrons. The summed E-state index contributed by atoms with van der Waals surface area (Å²) in [7, 11) is 0. The first-order valence-electron chi connectivity index (χ1n) is 5.08. The molecule has 0 saturated heterocycles. The number of nitrogens with one attached hydrogen (secondary N) is 1. The van der Waals surface area contributed by atoms with Crippen LogP contribution in [0.1, 0.15) is 31.9 Å². The smallest absolute Gasteiger partial charge is 0.238 e. The summed E-state index contributed by atoms with van der Waals surface area (Å²) >= 11 is 0. The van der Waals surface area contributed by atoms with Gasteiger partial charge in [-0.05, 0) is 29.5 Å². The number of hydrogen-bond donors (Lipinski definition) is 2. The van der Waals surface area contributed by atoms with Crippen LogP contribution >= 0.6 is 0 Å². The Morgan fingerprint density at radius 2 is 1.93 bits per heavy atom. The molecule has 3 heteroatoms. The average Bonchev–Trinajstić information content (AvgIpc) is 2.46. The SMILES string of the molecule is Cc1ccc2[nH]nc(O)c2c1C(C)(C)C. The van der Waals surface area contributed by atoms with Crippen molar-refractivity contribution < 1.29 is 5.11 Å². The second kappa shape index (κ2) is 2.99. The van der Waals surface area contributed by atoms with Crippen LogP contribution in [0.5, 0.6) is 5.88 Å². The van der Waals surface area contributed by atoms with Gasteiger partial charge in [-0.25, -0.2) is 0 Å². The Morgan fingerprint density at radius 3 is 2.53 bits per heavy atom. The highest BCUT2D eigenvalue weighted by Gasteiger charge is 2.22. The lowest BCUT2D eigenvalue weighted by Gasteiger charge is -2.22. The lowest BCUT2D eigenvalue weighted by atomic mass is 9.82. The van der Waals surface area contributed by atoms with Gasteiger partial charge in [0.1, 0.15) is 0 Å². The highest BCUT2D eigenvalue weighted by molar-refractivity contribution is 5.89. The molecule has 2 rings (SSSR count). The number of benzene rings is 1. The molecule has 0 unspecified atom stereocenters. The number of aromatic hydroxyl groups is 1. The lowest BCUT2D eigenvalue weighted by Crippen LogP contribution is -2.13. The van der Waals surface area contributed by atoms with E-state index in [0.29, 0.717) is 0 Å². The van der Waals surface area contributed by atoms with Gasteiger partial charge in [-0.2, -0.15) is 0 Å². The second-order valence-electron chi connectivity index (χ2n) is 4.98. The van der Waals surface area contributed by atoms with E-state index in [4.69, 9.17) is 0 Å². The molecule has 0 saturated carbocycles. The summed E-state index contributed by atoms with van der Waals surface area (Å²) < 4.78 is 0. The number of H-pyrrole nitrogens is 1. The quantitative estimate of drug-likeness (QED) is 0.693. The van der Waals surface area contributed by atoms with Gasteiger partial charge in [-0.3, -0.25) is 5.10 Å². The molecule has 1 heterocycles. The predicted molar refractivity (Wildman–Crippen MR) is 61.2 cm³/mol. The summed E-state index contributed by atoms with van der Waals surface area (Å²) in [6.07, 6.45) is 0. The molecule has 0 amide bonds. The first-order chi connectivity index (χ1) is 6.91. The molecular weight excluding hydrogens is 188 g/mol. The van der Waals surface area contributed by atoms with Crippen molar-refractivity contribution in [2.45, 2.75) is 33.1 Å². The largest absolute Gasteiger partial charge is 0.492 e. The minimum absolute atomic E-state index is 0.00491. The molecule has 1 aromatic heterocycles. The third-order valence-electron chi connectivity index (χ3n) is 2.67. The Morgan fingerprint density at radius 1 is 1.27 bits per heavy atom. The predicted octanol–water partition coefficient (Wildman–Crippen LogP) is 2.87. The maximum Gasteiger partial charge on any atom is 0.238 e. The van der Waals surface area contributed by atoms with Crippen molar-refractivity contribution in [3.8, 4) is 5.88 Å². The van der Waals surface area contributed by atoms with E-state index in [2.05, 4.69) is 44.0 Å². The Hall–Kier alpha value is -1.51. The first-order valence-corrected chi connectivity index (χ1v) is 5.08. The van der Waals surface area contributed by atoms with Gasteiger partial charge in [0.15, 0.2) is 0 Å². The van der Waals surface area contributed by atoms with Gasteiger partial charge in [-0.1, -0.05) is 26.8 Å². The molecule has 0 aliphatic carbocycles. The Balaban J connectivity index is 2.90. The van der Waals surface area contributed by atoms with Crippen LogP contribution in [0.15, 0.2) is 12.1 Å². The van der Waals surface area contributed by atoms with E-state index in [1.807, 2.05) is 6.07 Å². The van der Waals surface area contributed by atoms with Crippen LogP contribution in [0, 0.1) is 6.92 Å². The maximum absolute atomic E-state index is 9.74. The van der Waals surface area contributed by atoms with E-state index in [-0.39, 0.29) is 11.3 Å². The standard InChI is InChI=1S/C12H16N2O/c1-7-5-6-8-9(11(15)14-13-8)10(7)12(2,3)4/h5-6H,1-4H3,(H2,13,14,15). The van der Waals surface area contributed by atoms with Crippen LogP contribution in [-0.4, -0.2) is 15.3 Å². The van der Waals surface area contributed by atoms with Crippen LogP contribution in [0.4, 0.5) is 0 Å². The topological polar surface area (TPSA) is 48.9 Å². The van der Waals surface area contributed by atoms with Crippen LogP contribution in [0.3, 0.4) is 0 Å². The van der Waals surface area contributed by atoms with Crippen molar-refractivity contribution in [1.29, 1.82) is 0 Å². The van der Waals surface area contributed by atoms with E-state index >= 15 is 0 Å². The minimum Gasteiger partial charge on any atom is -0.492 e. The fourth-order valence-electron chi connectivity index (χ4n) is 2.17. The second-order valence-corrected chi connectivity index (χ2v) is 4.98. The van der Waals surface area contributed by atoms with Gasteiger partial charge in [0.2, 0.25) is 5.88 Å². The molecular formula is C12H16N2O. The molecule has 80 valence electrons. The number of aromatic nitrogens is 2. The zero-order valence-corrected chi connectivity index (χ0v) is 9.55. The van der Waals surface area contributed by atoms with E-state index < -0.39 is 0 Å².